The lowest BCUT2D eigenvalue weighted by Crippen LogP contribution is -2.22. The monoisotopic (exact) mass is 226 g/mol. The zero-order chi connectivity index (χ0) is 11.4. The van der Waals surface area contributed by atoms with E-state index in [1.807, 2.05) is 39.0 Å². The van der Waals surface area contributed by atoms with Crippen LogP contribution in [0.15, 0.2) is 18.2 Å². The summed E-state index contributed by atoms with van der Waals surface area (Å²) in [4.78, 5) is 11.0. The van der Waals surface area contributed by atoms with Crippen LogP contribution in [0.1, 0.15) is 24.5 Å². The van der Waals surface area contributed by atoms with Gasteiger partial charge in [-0.1, -0.05) is 19.1 Å². The van der Waals surface area contributed by atoms with Gasteiger partial charge in [0, 0.05) is 0 Å². The van der Waals surface area contributed by atoms with E-state index in [9.17, 15) is 4.79 Å². The van der Waals surface area contributed by atoms with Gasteiger partial charge >= 0.3 is 0 Å². The maximum absolute atomic E-state index is 11.0. The molecule has 0 aromatic heterocycles. The molecule has 3 heteroatoms. The molecule has 0 radical (unpaired) electrons. The van der Waals surface area contributed by atoms with E-state index in [0.29, 0.717) is 6.42 Å². The minimum absolute atomic E-state index is 0.446. The van der Waals surface area contributed by atoms with Gasteiger partial charge in [0.25, 0.3) is 5.24 Å². The molecule has 1 rings (SSSR count). The number of benzene rings is 1. The summed E-state index contributed by atoms with van der Waals surface area (Å²) in [6, 6.07) is 5.89. The lowest BCUT2D eigenvalue weighted by molar-refractivity contribution is -0.117. The van der Waals surface area contributed by atoms with Crippen LogP contribution in [-0.4, -0.2) is 11.3 Å². The Morgan fingerprint density at radius 2 is 2.13 bits per heavy atom. The molecule has 0 heterocycles. The van der Waals surface area contributed by atoms with E-state index >= 15 is 0 Å². The van der Waals surface area contributed by atoms with Crippen LogP contribution in [0.4, 0.5) is 0 Å². The minimum atomic E-state index is -0.549. The molecule has 0 aliphatic carbocycles. The summed E-state index contributed by atoms with van der Waals surface area (Å²) >= 11 is 5.42. The molecule has 0 spiro atoms. The summed E-state index contributed by atoms with van der Waals surface area (Å²) in [5.41, 5.74) is 2.12. The summed E-state index contributed by atoms with van der Waals surface area (Å²) < 4.78 is 5.56. The highest BCUT2D eigenvalue weighted by atomic mass is 35.5. The van der Waals surface area contributed by atoms with Crippen molar-refractivity contribution in [2.75, 3.05) is 0 Å². The van der Waals surface area contributed by atoms with Crippen LogP contribution < -0.4 is 4.74 Å². The fraction of sp³-hybridized carbons (Fsp3) is 0.417. The number of rotatable bonds is 4. The predicted molar refractivity (Wildman–Crippen MR) is 61.5 cm³/mol. The molecule has 0 saturated carbocycles. The maximum atomic E-state index is 11.0. The molecule has 0 fully saturated rings. The minimum Gasteiger partial charge on any atom is -0.481 e. The van der Waals surface area contributed by atoms with E-state index in [0.717, 1.165) is 16.9 Å². The van der Waals surface area contributed by atoms with E-state index in [1.54, 1.807) is 0 Å². The average Bonchev–Trinajstić information content (AvgIpc) is 2.18. The molecule has 15 heavy (non-hydrogen) atoms. The van der Waals surface area contributed by atoms with Gasteiger partial charge in [0.15, 0.2) is 6.10 Å². The number of ether oxygens (including phenoxy) is 1. The number of aryl methyl sites for hydroxylation is 2. The van der Waals surface area contributed by atoms with E-state index in [1.165, 1.54) is 0 Å². The third kappa shape index (κ3) is 3.24. The molecule has 1 unspecified atom stereocenters. The van der Waals surface area contributed by atoms with Crippen molar-refractivity contribution < 1.29 is 9.53 Å². The van der Waals surface area contributed by atoms with E-state index in [4.69, 9.17) is 16.3 Å². The zero-order valence-electron chi connectivity index (χ0n) is 9.21. The van der Waals surface area contributed by atoms with Crippen LogP contribution in [0.3, 0.4) is 0 Å². The molecule has 0 bridgehead atoms. The summed E-state index contributed by atoms with van der Waals surface area (Å²) in [5, 5.41) is -0.446. The Labute approximate surface area is 95.2 Å². The van der Waals surface area contributed by atoms with Gasteiger partial charge in [0.1, 0.15) is 5.75 Å². The smallest absolute Gasteiger partial charge is 0.262 e. The molecule has 0 N–H and O–H groups in total. The topological polar surface area (TPSA) is 26.3 Å². The number of hydrogen-bond acceptors (Lipinski definition) is 2. The van der Waals surface area contributed by atoms with Gasteiger partial charge in [0.05, 0.1) is 0 Å². The maximum Gasteiger partial charge on any atom is 0.262 e. The molecule has 2 nitrogen and oxygen atoms in total. The standard InChI is InChI=1S/C12H15ClO2/c1-4-10(12(13)14)15-11-7-8(2)5-6-9(11)3/h5-7,10H,4H2,1-3H3. The van der Waals surface area contributed by atoms with Crippen molar-refractivity contribution in [3.05, 3.63) is 29.3 Å². The molecule has 1 aromatic rings. The number of hydrogen-bond donors (Lipinski definition) is 0. The van der Waals surface area contributed by atoms with E-state index in [-0.39, 0.29) is 0 Å². The molecule has 1 atom stereocenters. The summed E-state index contributed by atoms with van der Waals surface area (Å²) in [6.07, 6.45) is 0.0302. The largest absolute Gasteiger partial charge is 0.481 e. The van der Waals surface area contributed by atoms with Gasteiger partial charge in [-0.15, -0.1) is 0 Å². The number of carbonyl (C=O) groups excluding carboxylic acids is 1. The molecule has 1 aromatic carbocycles. The first kappa shape index (κ1) is 12.1. The molecule has 0 aliphatic heterocycles. The second kappa shape index (κ2) is 5.17. The van der Waals surface area contributed by atoms with Crippen molar-refractivity contribution in [1.29, 1.82) is 0 Å². The van der Waals surface area contributed by atoms with Gasteiger partial charge in [-0.25, -0.2) is 0 Å². The second-order valence-electron chi connectivity index (χ2n) is 3.59. The van der Waals surface area contributed by atoms with Crippen LogP contribution in [-0.2, 0) is 4.79 Å². The second-order valence-corrected chi connectivity index (χ2v) is 3.96. The highest BCUT2D eigenvalue weighted by Gasteiger charge is 2.16. The van der Waals surface area contributed by atoms with Crippen molar-refractivity contribution in [2.45, 2.75) is 33.3 Å². The zero-order valence-corrected chi connectivity index (χ0v) is 9.97. The third-order valence-corrected chi connectivity index (χ3v) is 2.48. The Morgan fingerprint density at radius 3 is 2.67 bits per heavy atom. The van der Waals surface area contributed by atoms with Crippen LogP contribution >= 0.6 is 11.6 Å². The van der Waals surface area contributed by atoms with Crippen LogP contribution in [0.25, 0.3) is 0 Å². The summed E-state index contributed by atoms with van der Waals surface area (Å²) in [6.45, 7) is 5.80. The number of carbonyl (C=O) groups is 1. The van der Waals surface area contributed by atoms with Gasteiger partial charge in [0.2, 0.25) is 0 Å². The highest BCUT2D eigenvalue weighted by Crippen LogP contribution is 2.21. The summed E-state index contributed by atoms with van der Waals surface area (Å²) in [7, 11) is 0. The van der Waals surface area contributed by atoms with Crippen molar-refractivity contribution in [3.8, 4) is 5.75 Å². The van der Waals surface area contributed by atoms with Crippen LogP contribution in [0.5, 0.6) is 5.75 Å². The average molecular weight is 227 g/mol. The quantitative estimate of drug-likeness (QED) is 0.737. The molecular formula is C12H15ClO2. The molecule has 0 amide bonds. The highest BCUT2D eigenvalue weighted by molar-refractivity contribution is 6.64. The third-order valence-electron chi connectivity index (χ3n) is 2.24. The van der Waals surface area contributed by atoms with Crippen molar-refractivity contribution in [3.63, 3.8) is 0 Å². The van der Waals surface area contributed by atoms with Gasteiger partial charge < -0.3 is 4.74 Å². The van der Waals surface area contributed by atoms with Gasteiger partial charge in [-0.2, -0.15) is 0 Å². The fourth-order valence-electron chi connectivity index (χ4n) is 1.28. The molecule has 0 saturated heterocycles. The van der Waals surface area contributed by atoms with Crippen molar-refractivity contribution >= 4 is 16.8 Å². The lowest BCUT2D eigenvalue weighted by Gasteiger charge is -2.15. The molecular weight excluding hydrogens is 212 g/mol. The fourth-order valence-corrected chi connectivity index (χ4v) is 1.48. The normalized spacial score (nSPS) is 12.3. The van der Waals surface area contributed by atoms with E-state index in [2.05, 4.69) is 0 Å². The molecule has 82 valence electrons. The lowest BCUT2D eigenvalue weighted by atomic mass is 10.1. The Kier molecular flexibility index (Phi) is 4.15. The molecule has 0 aliphatic rings. The van der Waals surface area contributed by atoms with Gasteiger partial charge in [-0.3, -0.25) is 4.79 Å². The van der Waals surface area contributed by atoms with Crippen LogP contribution in [0, 0.1) is 13.8 Å². The Hall–Kier alpha value is -1.02. The predicted octanol–water partition coefficient (Wildman–Crippen LogP) is 3.23. The summed E-state index contributed by atoms with van der Waals surface area (Å²) in [5.74, 6) is 0.732. The van der Waals surface area contributed by atoms with Crippen LogP contribution in [0.2, 0.25) is 0 Å². The first-order valence-electron chi connectivity index (χ1n) is 4.97. The Bertz CT molecular complexity index is 361. The van der Waals surface area contributed by atoms with Crippen molar-refractivity contribution in [2.24, 2.45) is 0 Å². The Balaban J connectivity index is 2.87. The number of halogens is 1. The van der Waals surface area contributed by atoms with E-state index < -0.39 is 11.3 Å². The SMILES string of the molecule is CCC(Oc1cc(C)ccc1C)C(=O)Cl. The van der Waals surface area contributed by atoms with Crippen molar-refractivity contribution in [1.82, 2.24) is 0 Å². The first-order valence-corrected chi connectivity index (χ1v) is 5.35. The Morgan fingerprint density at radius 1 is 1.47 bits per heavy atom. The van der Waals surface area contributed by atoms with Gasteiger partial charge in [-0.05, 0) is 49.1 Å². The first-order chi connectivity index (χ1) is 7.04.